The van der Waals surface area contributed by atoms with Gasteiger partial charge in [0, 0.05) is 24.1 Å². The summed E-state index contributed by atoms with van der Waals surface area (Å²) in [7, 11) is 1.39. The second-order valence-corrected chi connectivity index (χ2v) is 3.98. The van der Waals surface area contributed by atoms with Crippen molar-refractivity contribution in [1.82, 2.24) is 0 Å². The molecule has 1 aromatic rings. The Kier molecular flexibility index (Phi) is 5.09. The molecule has 1 unspecified atom stereocenters. The SMILES string of the molecule is COC(=O)CC(C)CC#Cc1ccccc1N. The number of methoxy groups -OCH3 is 1. The molecule has 0 bridgehead atoms. The van der Waals surface area contributed by atoms with Crippen molar-refractivity contribution in [3.63, 3.8) is 0 Å². The lowest BCUT2D eigenvalue weighted by Crippen LogP contribution is -2.06. The van der Waals surface area contributed by atoms with Crippen LogP contribution in [0.3, 0.4) is 0 Å². The number of anilines is 1. The van der Waals surface area contributed by atoms with E-state index >= 15 is 0 Å². The monoisotopic (exact) mass is 231 g/mol. The molecular weight excluding hydrogens is 214 g/mol. The first-order valence-corrected chi connectivity index (χ1v) is 5.53. The van der Waals surface area contributed by atoms with Gasteiger partial charge in [-0.25, -0.2) is 0 Å². The van der Waals surface area contributed by atoms with Gasteiger partial charge in [0.15, 0.2) is 0 Å². The quantitative estimate of drug-likeness (QED) is 0.493. The van der Waals surface area contributed by atoms with Crippen LogP contribution in [0.1, 0.15) is 25.3 Å². The van der Waals surface area contributed by atoms with Crippen molar-refractivity contribution in [2.75, 3.05) is 12.8 Å². The Labute approximate surface area is 102 Å². The van der Waals surface area contributed by atoms with Crippen LogP contribution in [-0.2, 0) is 9.53 Å². The molecule has 0 saturated carbocycles. The molecule has 0 aliphatic carbocycles. The Morgan fingerprint density at radius 1 is 1.47 bits per heavy atom. The van der Waals surface area contributed by atoms with E-state index in [1.54, 1.807) is 0 Å². The lowest BCUT2D eigenvalue weighted by Gasteiger charge is -2.04. The predicted octanol–water partition coefficient (Wildman–Crippen LogP) is 2.21. The minimum absolute atomic E-state index is 0.194. The van der Waals surface area contributed by atoms with Crippen LogP contribution < -0.4 is 5.73 Å². The number of ether oxygens (including phenoxy) is 1. The van der Waals surface area contributed by atoms with Gasteiger partial charge in [0.1, 0.15) is 0 Å². The molecule has 1 aromatic carbocycles. The number of carbonyl (C=O) groups is 1. The predicted molar refractivity (Wildman–Crippen MR) is 68.1 cm³/mol. The summed E-state index contributed by atoms with van der Waals surface area (Å²) < 4.78 is 4.60. The fourth-order valence-electron chi connectivity index (χ4n) is 1.37. The summed E-state index contributed by atoms with van der Waals surface area (Å²) in [6, 6.07) is 7.48. The summed E-state index contributed by atoms with van der Waals surface area (Å²) >= 11 is 0. The Bertz CT molecular complexity index is 443. The largest absolute Gasteiger partial charge is 0.469 e. The zero-order chi connectivity index (χ0) is 12.7. The first kappa shape index (κ1) is 13.1. The van der Waals surface area contributed by atoms with Gasteiger partial charge in [-0.2, -0.15) is 0 Å². The smallest absolute Gasteiger partial charge is 0.305 e. The lowest BCUT2D eigenvalue weighted by molar-refractivity contribution is -0.141. The summed E-state index contributed by atoms with van der Waals surface area (Å²) in [6.45, 7) is 1.97. The van der Waals surface area contributed by atoms with Gasteiger partial charge in [0.2, 0.25) is 0 Å². The van der Waals surface area contributed by atoms with Gasteiger partial charge in [-0.3, -0.25) is 4.79 Å². The van der Waals surface area contributed by atoms with Gasteiger partial charge in [-0.05, 0) is 18.1 Å². The molecule has 1 rings (SSSR count). The van der Waals surface area contributed by atoms with Crippen LogP contribution in [-0.4, -0.2) is 13.1 Å². The first-order chi connectivity index (χ1) is 8.13. The molecule has 90 valence electrons. The molecule has 0 spiro atoms. The van der Waals surface area contributed by atoms with Crippen molar-refractivity contribution >= 4 is 11.7 Å². The summed E-state index contributed by atoms with van der Waals surface area (Å²) in [5.41, 5.74) is 7.28. The molecule has 0 amide bonds. The number of para-hydroxylation sites is 1. The standard InChI is InChI=1S/C14H17NO2/c1-11(10-14(16)17-2)6-5-8-12-7-3-4-9-13(12)15/h3-4,7,9,11H,6,10,15H2,1-2H3. The van der Waals surface area contributed by atoms with E-state index in [2.05, 4.69) is 16.6 Å². The van der Waals surface area contributed by atoms with E-state index in [0.29, 0.717) is 18.5 Å². The van der Waals surface area contributed by atoms with E-state index in [4.69, 9.17) is 5.73 Å². The third-order valence-electron chi connectivity index (χ3n) is 2.38. The molecule has 3 nitrogen and oxygen atoms in total. The van der Waals surface area contributed by atoms with Crippen LogP contribution >= 0.6 is 0 Å². The first-order valence-electron chi connectivity index (χ1n) is 5.53. The topological polar surface area (TPSA) is 52.3 Å². The molecule has 3 heteroatoms. The zero-order valence-electron chi connectivity index (χ0n) is 10.2. The number of carbonyl (C=O) groups excluding carboxylic acids is 1. The van der Waals surface area contributed by atoms with Crippen molar-refractivity contribution in [1.29, 1.82) is 0 Å². The highest BCUT2D eigenvalue weighted by molar-refractivity contribution is 5.69. The fourth-order valence-corrected chi connectivity index (χ4v) is 1.37. The maximum absolute atomic E-state index is 11.0. The number of rotatable bonds is 3. The minimum atomic E-state index is -0.196. The number of hydrogen-bond acceptors (Lipinski definition) is 3. The van der Waals surface area contributed by atoms with Gasteiger partial charge in [-0.1, -0.05) is 30.9 Å². The molecule has 0 aliphatic rings. The van der Waals surface area contributed by atoms with Crippen LogP contribution in [0.25, 0.3) is 0 Å². The van der Waals surface area contributed by atoms with E-state index in [1.165, 1.54) is 7.11 Å². The number of esters is 1. The second kappa shape index (κ2) is 6.59. The molecule has 0 aromatic heterocycles. The Balaban J connectivity index is 2.51. The van der Waals surface area contributed by atoms with Crippen molar-refractivity contribution in [3.8, 4) is 11.8 Å². The van der Waals surface area contributed by atoms with Gasteiger partial charge in [-0.15, -0.1) is 0 Å². The average molecular weight is 231 g/mol. The van der Waals surface area contributed by atoms with Crippen LogP contribution in [0.5, 0.6) is 0 Å². The van der Waals surface area contributed by atoms with Gasteiger partial charge >= 0.3 is 5.97 Å². The van der Waals surface area contributed by atoms with Crippen LogP contribution in [0.2, 0.25) is 0 Å². The van der Waals surface area contributed by atoms with E-state index in [9.17, 15) is 4.79 Å². The summed E-state index contributed by atoms with van der Waals surface area (Å²) in [5.74, 6) is 6.04. The molecule has 0 fully saturated rings. The van der Waals surface area contributed by atoms with Crippen LogP contribution in [0.15, 0.2) is 24.3 Å². The normalized spacial score (nSPS) is 11.2. The highest BCUT2D eigenvalue weighted by Crippen LogP contribution is 2.10. The highest BCUT2D eigenvalue weighted by Gasteiger charge is 2.07. The maximum Gasteiger partial charge on any atom is 0.305 e. The molecule has 1 atom stereocenters. The van der Waals surface area contributed by atoms with Crippen LogP contribution in [0.4, 0.5) is 5.69 Å². The number of hydrogen-bond donors (Lipinski definition) is 1. The highest BCUT2D eigenvalue weighted by atomic mass is 16.5. The molecule has 0 saturated heterocycles. The summed E-state index contributed by atoms with van der Waals surface area (Å²) in [6.07, 6.45) is 1.05. The van der Waals surface area contributed by atoms with Crippen molar-refractivity contribution in [2.45, 2.75) is 19.8 Å². The number of nitrogen functional groups attached to an aromatic ring is 1. The van der Waals surface area contributed by atoms with Crippen molar-refractivity contribution in [2.24, 2.45) is 5.92 Å². The maximum atomic E-state index is 11.0. The number of nitrogens with two attached hydrogens (primary N) is 1. The molecule has 17 heavy (non-hydrogen) atoms. The summed E-state index contributed by atoms with van der Waals surface area (Å²) in [4.78, 5) is 11.0. The molecule has 2 N–H and O–H groups in total. The molecular formula is C14H17NO2. The van der Waals surface area contributed by atoms with E-state index in [0.717, 1.165) is 5.56 Å². The van der Waals surface area contributed by atoms with Crippen molar-refractivity contribution < 1.29 is 9.53 Å². The second-order valence-electron chi connectivity index (χ2n) is 3.98. The zero-order valence-corrected chi connectivity index (χ0v) is 10.2. The van der Waals surface area contributed by atoms with E-state index in [-0.39, 0.29) is 11.9 Å². The molecule has 0 radical (unpaired) electrons. The third kappa shape index (κ3) is 4.60. The lowest BCUT2D eigenvalue weighted by atomic mass is 10.0. The summed E-state index contributed by atoms with van der Waals surface area (Å²) in [5, 5.41) is 0. The average Bonchev–Trinajstić information content (AvgIpc) is 2.31. The number of benzene rings is 1. The molecule has 0 heterocycles. The fraction of sp³-hybridized carbons (Fsp3) is 0.357. The Hall–Kier alpha value is -1.95. The van der Waals surface area contributed by atoms with E-state index in [1.807, 2.05) is 31.2 Å². The van der Waals surface area contributed by atoms with E-state index < -0.39 is 0 Å². The van der Waals surface area contributed by atoms with Crippen LogP contribution in [0, 0.1) is 17.8 Å². The Morgan fingerprint density at radius 3 is 2.82 bits per heavy atom. The van der Waals surface area contributed by atoms with Gasteiger partial charge < -0.3 is 10.5 Å². The van der Waals surface area contributed by atoms with Gasteiger partial charge in [0.25, 0.3) is 0 Å². The minimum Gasteiger partial charge on any atom is -0.469 e. The van der Waals surface area contributed by atoms with Crippen molar-refractivity contribution in [3.05, 3.63) is 29.8 Å². The Morgan fingerprint density at radius 2 is 2.18 bits per heavy atom. The van der Waals surface area contributed by atoms with Gasteiger partial charge in [0.05, 0.1) is 7.11 Å². The third-order valence-corrected chi connectivity index (χ3v) is 2.38. The molecule has 0 aliphatic heterocycles.